The van der Waals surface area contributed by atoms with Crippen LogP contribution in [0.1, 0.15) is 21.5 Å². The molecule has 0 aliphatic carbocycles. The second kappa shape index (κ2) is 8.03. The standard InChI is InChI=1S/C18H16F3NO5S/c1-26-13-6-3-11(14(10-13)18(19,20)21)4-7-15(23)12-5-8-16(27-2)17(9-12)28(22,24)25/h3-10H,1-2H3,(H2,22,24,25)/b7-4+. The Morgan fingerprint density at radius 2 is 1.75 bits per heavy atom. The van der Waals surface area contributed by atoms with Gasteiger partial charge in [0.2, 0.25) is 10.0 Å². The first kappa shape index (κ1) is 21.5. The number of carbonyl (C=O) groups is 1. The number of hydrogen-bond donors (Lipinski definition) is 1. The molecule has 2 rings (SSSR count). The number of benzene rings is 2. The number of hydrogen-bond acceptors (Lipinski definition) is 5. The SMILES string of the molecule is COc1ccc(/C=C/C(=O)c2ccc(OC)c(S(N)(=O)=O)c2)c(C(F)(F)F)c1. The van der Waals surface area contributed by atoms with Gasteiger partial charge < -0.3 is 9.47 Å². The van der Waals surface area contributed by atoms with E-state index in [4.69, 9.17) is 14.6 Å². The van der Waals surface area contributed by atoms with Gasteiger partial charge in [0.1, 0.15) is 16.4 Å². The van der Waals surface area contributed by atoms with Crippen molar-refractivity contribution in [2.24, 2.45) is 5.14 Å². The summed E-state index contributed by atoms with van der Waals surface area (Å²) in [5, 5.41) is 5.09. The van der Waals surface area contributed by atoms with Crippen molar-refractivity contribution in [3.63, 3.8) is 0 Å². The Balaban J connectivity index is 2.42. The summed E-state index contributed by atoms with van der Waals surface area (Å²) >= 11 is 0. The number of ketones is 1. The first-order chi connectivity index (χ1) is 13.0. The Kier molecular flexibility index (Phi) is 6.15. The number of allylic oxidation sites excluding steroid dienone is 1. The summed E-state index contributed by atoms with van der Waals surface area (Å²) in [5.74, 6) is -0.752. The van der Waals surface area contributed by atoms with Gasteiger partial charge in [-0.3, -0.25) is 4.79 Å². The van der Waals surface area contributed by atoms with Crippen molar-refractivity contribution in [1.82, 2.24) is 0 Å². The molecule has 0 radical (unpaired) electrons. The van der Waals surface area contributed by atoms with E-state index in [1.165, 1.54) is 32.4 Å². The molecular formula is C18H16F3NO5S. The quantitative estimate of drug-likeness (QED) is 0.577. The van der Waals surface area contributed by atoms with Crippen molar-refractivity contribution >= 4 is 21.9 Å². The Bertz CT molecular complexity index is 1030. The summed E-state index contributed by atoms with van der Waals surface area (Å²) in [6.45, 7) is 0. The molecule has 6 nitrogen and oxygen atoms in total. The maximum atomic E-state index is 13.2. The van der Waals surface area contributed by atoms with Crippen LogP contribution >= 0.6 is 0 Å². The molecule has 0 aliphatic heterocycles. The fourth-order valence-corrected chi connectivity index (χ4v) is 3.09. The number of methoxy groups -OCH3 is 2. The molecule has 0 bridgehead atoms. The van der Waals surface area contributed by atoms with E-state index < -0.39 is 32.4 Å². The van der Waals surface area contributed by atoms with Gasteiger partial charge in [-0.05, 0) is 42.0 Å². The van der Waals surface area contributed by atoms with Crippen molar-refractivity contribution in [2.45, 2.75) is 11.1 Å². The van der Waals surface area contributed by atoms with Crippen molar-refractivity contribution in [2.75, 3.05) is 14.2 Å². The zero-order chi connectivity index (χ0) is 21.1. The van der Waals surface area contributed by atoms with Gasteiger partial charge in [-0.25, -0.2) is 13.6 Å². The topological polar surface area (TPSA) is 95.7 Å². The molecule has 2 aromatic rings. The lowest BCUT2D eigenvalue weighted by atomic mass is 10.0. The summed E-state index contributed by atoms with van der Waals surface area (Å²) in [4.78, 5) is 11.9. The highest BCUT2D eigenvalue weighted by molar-refractivity contribution is 7.89. The third-order valence-corrected chi connectivity index (χ3v) is 4.67. The second-order valence-corrected chi connectivity index (χ2v) is 7.09. The largest absolute Gasteiger partial charge is 0.497 e. The summed E-state index contributed by atoms with van der Waals surface area (Å²) in [5.41, 5.74) is -1.30. The van der Waals surface area contributed by atoms with Crippen LogP contribution in [0.3, 0.4) is 0 Å². The fraction of sp³-hybridized carbons (Fsp3) is 0.167. The summed E-state index contributed by atoms with van der Waals surface area (Å²) in [6.07, 6.45) is -2.75. The van der Waals surface area contributed by atoms with Gasteiger partial charge in [0.05, 0.1) is 19.8 Å². The van der Waals surface area contributed by atoms with Crippen molar-refractivity contribution in [1.29, 1.82) is 0 Å². The van der Waals surface area contributed by atoms with Crippen molar-refractivity contribution in [3.8, 4) is 11.5 Å². The molecule has 0 fully saturated rings. The van der Waals surface area contributed by atoms with E-state index in [0.29, 0.717) is 0 Å². The van der Waals surface area contributed by atoms with E-state index in [0.717, 1.165) is 30.4 Å². The van der Waals surface area contributed by atoms with E-state index in [2.05, 4.69) is 0 Å². The third-order valence-electron chi connectivity index (χ3n) is 3.73. The molecule has 0 saturated carbocycles. The predicted octanol–water partition coefficient (Wildman–Crippen LogP) is 3.27. The van der Waals surface area contributed by atoms with E-state index in [-0.39, 0.29) is 22.6 Å². The molecule has 0 atom stereocenters. The average Bonchev–Trinajstić information content (AvgIpc) is 2.63. The smallest absolute Gasteiger partial charge is 0.417 e. The van der Waals surface area contributed by atoms with Crippen LogP contribution in [0.15, 0.2) is 47.4 Å². The summed E-state index contributed by atoms with van der Waals surface area (Å²) in [7, 11) is -1.70. The van der Waals surface area contributed by atoms with Crippen LogP contribution in [0.4, 0.5) is 13.2 Å². The van der Waals surface area contributed by atoms with Gasteiger partial charge >= 0.3 is 6.18 Å². The van der Waals surface area contributed by atoms with Gasteiger partial charge in [0.25, 0.3) is 0 Å². The molecule has 0 aliphatic rings. The second-order valence-electron chi connectivity index (χ2n) is 5.56. The maximum Gasteiger partial charge on any atom is 0.417 e. The third kappa shape index (κ3) is 4.90. The van der Waals surface area contributed by atoms with E-state index >= 15 is 0 Å². The van der Waals surface area contributed by atoms with Gasteiger partial charge in [0.15, 0.2) is 5.78 Å². The van der Waals surface area contributed by atoms with Crippen LogP contribution < -0.4 is 14.6 Å². The highest BCUT2D eigenvalue weighted by Crippen LogP contribution is 2.35. The van der Waals surface area contributed by atoms with E-state index in [1.807, 2.05) is 0 Å². The Morgan fingerprint density at radius 1 is 1.07 bits per heavy atom. The predicted molar refractivity (Wildman–Crippen MR) is 95.7 cm³/mol. The van der Waals surface area contributed by atoms with Crippen LogP contribution in [0.25, 0.3) is 6.08 Å². The minimum Gasteiger partial charge on any atom is -0.497 e. The average molecular weight is 415 g/mol. The highest BCUT2D eigenvalue weighted by atomic mass is 32.2. The number of ether oxygens (including phenoxy) is 2. The van der Waals surface area contributed by atoms with Gasteiger partial charge in [-0.2, -0.15) is 13.2 Å². The highest BCUT2D eigenvalue weighted by Gasteiger charge is 2.33. The fourth-order valence-electron chi connectivity index (χ4n) is 2.37. The molecule has 0 saturated heterocycles. The first-order valence-corrected chi connectivity index (χ1v) is 9.20. The van der Waals surface area contributed by atoms with Crippen LogP contribution in [0.5, 0.6) is 11.5 Å². The zero-order valence-electron chi connectivity index (χ0n) is 14.8. The zero-order valence-corrected chi connectivity index (χ0v) is 15.6. The molecule has 28 heavy (non-hydrogen) atoms. The van der Waals surface area contributed by atoms with Gasteiger partial charge in [-0.1, -0.05) is 12.1 Å². The van der Waals surface area contributed by atoms with Crippen LogP contribution in [0.2, 0.25) is 0 Å². The molecular weight excluding hydrogens is 399 g/mol. The van der Waals surface area contributed by atoms with Crippen molar-refractivity contribution < 1.29 is 35.9 Å². The Hall–Kier alpha value is -2.85. The number of nitrogens with two attached hydrogens (primary N) is 1. The van der Waals surface area contributed by atoms with E-state index in [9.17, 15) is 26.4 Å². The summed E-state index contributed by atoms with van der Waals surface area (Å²) < 4.78 is 72.5. The van der Waals surface area contributed by atoms with Gasteiger partial charge in [0, 0.05) is 5.56 Å². The Morgan fingerprint density at radius 3 is 2.29 bits per heavy atom. The van der Waals surface area contributed by atoms with Crippen LogP contribution in [0, 0.1) is 0 Å². The maximum absolute atomic E-state index is 13.2. The molecule has 0 unspecified atom stereocenters. The molecule has 0 heterocycles. The number of rotatable bonds is 6. The van der Waals surface area contributed by atoms with Crippen molar-refractivity contribution in [3.05, 3.63) is 59.2 Å². The van der Waals surface area contributed by atoms with Gasteiger partial charge in [-0.15, -0.1) is 0 Å². The lowest BCUT2D eigenvalue weighted by Crippen LogP contribution is -2.14. The molecule has 150 valence electrons. The monoisotopic (exact) mass is 415 g/mol. The lowest BCUT2D eigenvalue weighted by Gasteiger charge is -2.12. The minimum atomic E-state index is -4.65. The number of primary sulfonamides is 1. The van der Waals surface area contributed by atoms with Crippen LogP contribution in [-0.2, 0) is 16.2 Å². The number of alkyl halides is 3. The van der Waals surface area contributed by atoms with E-state index in [1.54, 1.807) is 0 Å². The number of carbonyl (C=O) groups excluding carboxylic acids is 1. The lowest BCUT2D eigenvalue weighted by molar-refractivity contribution is -0.137. The number of halogens is 3. The molecule has 0 spiro atoms. The molecule has 2 N–H and O–H groups in total. The minimum absolute atomic E-state index is 0.0174. The first-order valence-electron chi connectivity index (χ1n) is 7.66. The normalized spacial score (nSPS) is 12.2. The molecule has 0 amide bonds. The summed E-state index contributed by atoms with van der Waals surface area (Å²) in [6, 6.07) is 6.81. The molecule has 10 heteroatoms. The molecule has 2 aromatic carbocycles. The Labute approximate surface area is 159 Å². The van der Waals surface area contributed by atoms with Crippen LogP contribution in [-0.4, -0.2) is 28.4 Å². The number of sulfonamides is 1. The molecule has 0 aromatic heterocycles.